The fourth-order valence-corrected chi connectivity index (χ4v) is 0.817. The summed E-state index contributed by atoms with van der Waals surface area (Å²) in [6.07, 6.45) is 2.21. The second-order valence-corrected chi connectivity index (χ2v) is 3.17. The van der Waals surface area contributed by atoms with E-state index in [0.717, 1.165) is 25.3 Å². The van der Waals surface area contributed by atoms with Gasteiger partial charge in [-0.05, 0) is 18.8 Å². The van der Waals surface area contributed by atoms with Crippen molar-refractivity contribution >= 4 is 17.9 Å². The Kier molecular flexibility index (Phi) is 5.49. The van der Waals surface area contributed by atoms with E-state index in [4.69, 9.17) is 0 Å². The molecule has 0 aliphatic carbocycles. The lowest BCUT2D eigenvalue weighted by molar-refractivity contribution is 0.260. The molecule has 10 heavy (non-hydrogen) atoms. The molecule has 0 aromatic rings. The van der Waals surface area contributed by atoms with Crippen LogP contribution in [0.1, 0.15) is 26.7 Å². The SMILES string of the molecule is CC(C)CCCNC(=O)S. The summed E-state index contributed by atoms with van der Waals surface area (Å²) in [7, 11) is 0. The topological polar surface area (TPSA) is 29.1 Å². The van der Waals surface area contributed by atoms with Gasteiger partial charge in [0.2, 0.25) is 0 Å². The van der Waals surface area contributed by atoms with Gasteiger partial charge in [0.1, 0.15) is 0 Å². The number of carbonyl (C=O) groups is 1. The van der Waals surface area contributed by atoms with Crippen molar-refractivity contribution in [2.75, 3.05) is 6.54 Å². The van der Waals surface area contributed by atoms with E-state index >= 15 is 0 Å². The van der Waals surface area contributed by atoms with Crippen molar-refractivity contribution in [1.82, 2.24) is 5.32 Å². The first-order valence-electron chi connectivity index (χ1n) is 3.59. The van der Waals surface area contributed by atoms with Gasteiger partial charge in [0.25, 0.3) is 5.24 Å². The Morgan fingerprint density at radius 1 is 1.60 bits per heavy atom. The maximum absolute atomic E-state index is 10.2. The van der Waals surface area contributed by atoms with Crippen LogP contribution in [0, 0.1) is 5.92 Å². The van der Waals surface area contributed by atoms with Gasteiger partial charge in [0.15, 0.2) is 0 Å². The van der Waals surface area contributed by atoms with Crippen LogP contribution in [0.3, 0.4) is 0 Å². The third-order valence-electron chi connectivity index (χ3n) is 1.23. The van der Waals surface area contributed by atoms with Crippen LogP contribution < -0.4 is 5.32 Å². The van der Waals surface area contributed by atoms with Gasteiger partial charge >= 0.3 is 0 Å². The van der Waals surface area contributed by atoms with Gasteiger partial charge in [-0.3, -0.25) is 4.79 Å². The van der Waals surface area contributed by atoms with Gasteiger partial charge in [0.05, 0.1) is 0 Å². The largest absolute Gasteiger partial charge is 0.347 e. The molecule has 0 aromatic heterocycles. The monoisotopic (exact) mass is 161 g/mol. The fraction of sp³-hybridized carbons (Fsp3) is 0.857. The lowest BCUT2D eigenvalue weighted by Gasteiger charge is -2.03. The minimum Gasteiger partial charge on any atom is -0.347 e. The number of amides is 1. The highest BCUT2D eigenvalue weighted by molar-refractivity contribution is 7.96. The molecule has 0 bridgehead atoms. The van der Waals surface area contributed by atoms with Crippen LogP contribution in [0.25, 0.3) is 0 Å². The molecule has 60 valence electrons. The van der Waals surface area contributed by atoms with Crippen LogP contribution in [-0.2, 0) is 0 Å². The zero-order valence-electron chi connectivity index (χ0n) is 6.55. The first-order chi connectivity index (χ1) is 4.63. The van der Waals surface area contributed by atoms with Crippen LogP contribution in [-0.4, -0.2) is 11.8 Å². The Bertz CT molecular complexity index is 104. The maximum atomic E-state index is 10.2. The number of thiol groups is 1. The van der Waals surface area contributed by atoms with Crippen molar-refractivity contribution in [3.8, 4) is 0 Å². The van der Waals surface area contributed by atoms with Crippen molar-refractivity contribution in [2.45, 2.75) is 26.7 Å². The van der Waals surface area contributed by atoms with Crippen LogP contribution >= 0.6 is 12.6 Å². The minimum atomic E-state index is -0.233. The molecular weight excluding hydrogens is 146 g/mol. The Morgan fingerprint density at radius 2 is 2.20 bits per heavy atom. The molecule has 2 nitrogen and oxygen atoms in total. The van der Waals surface area contributed by atoms with Crippen LogP contribution in [0.5, 0.6) is 0 Å². The molecule has 0 aliphatic rings. The summed E-state index contributed by atoms with van der Waals surface area (Å²) in [4.78, 5) is 10.2. The molecule has 0 aromatic carbocycles. The van der Waals surface area contributed by atoms with Crippen molar-refractivity contribution in [1.29, 1.82) is 0 Å². The van der Waals surface area contributed by atoms with Crippen molar-refractivity contribution in [3.63, 3.8) is 0 Å². The summed E-state index contributed by atoms with van der Waals surface area (Å²) < 4.78 is 0. The standard InChI is InChI=1S/C7H15NOS/c1-6(2)4-3-5-8-7(9)10/h6H,3-5H2,1-2H3,(H2,8,9,10). The molecule has 0 heterocycles. The number of nitrogens with one attached hydrogen (secondary N) is 1. The van der Waals surface area contributed by atoms with Crippen molar-refractivity contribution < 1.29 is 4.79 Å². The van der Waals surface area contributed by atoms with E-state index in [2.05, 4.69) is 31.8 Å². The first kappa shape index (κ1) is 9.82. The predicted octanol–water partition coefficient (Wildman–Crippen LogP) is 2.06. The van der Waals surface area contributed by atoms with Gasteiger partial charge in [-0.15, -0.1) is 0 Å². The van der Waals surface area contributed by atoms with E-state index in [-0.39, 0.29) is 5.24 Å². The van der Waals surface area contributed by atoms with E-state index in [1.807, 2.05) is 0 Å². The third kappa shape index (κ3) is 7.82. The highest BCUT2D eigenvalue weighted by Crippen LogP contribution is 2.01. The van der Waals surface area contributed by atoms with Crippen LogP contribution in [0.2, 0.25) is 0 Å². The van der Waals surface area contributed by atoms with Crippen LogP contribution in [0.4, 0.5) is 4.79 Å². The van der Waals surface area contributed by atoms with Gasteiger partial charge in [-0.2, -0.15) is 0 Å². The number of carbonyl (C=O) groups excluding carboxylic acids is 1. The molecule has 0 saturated carbocycles. The summed E-state index contributed by atoms with van der Waals surface area (Å²) in [6.45, 7) is 5.09. The van der Waals surface area contributed by atoms with Gasteiger partial charge < -0.3 is 5.32 Å². The zero-order valence-corrected chi connectivity index (χ0v) is 7.45. The molecule has 0 saturated heterocycles. The third-order valence-corrected chi connectivity index (χ3v) is 1.39. The van der Waals surface area contributed by atoms with Gasteiger partial charge in [-0.1, -0.05) is 26.5 Å². The van der Waals surface area contributed by atoms with Crippen LogP contribution in [0.15, 0.2) is 0 Å². The Labute approximate surface area is 67.8 Å². The van der Waals surface area contributed by atoms with Gasteiger partial charge in [0, 0.05) is 6.54 Å². The highest BCUT2D eigenvalue weighted by atomic mass is 32.1. The van der Waals surface area contributed by atoms with E-state index in [9.17, 15) is 4.79 Å². The molecule has 0 radical (unpaired) electrons. The lowest BCUT2D eigenvalue weighted by Crippen LogP contribution is -2.17. The Hall–Kier alpha value is -0.180. The van der Waals surface area contributed by atoms with Crippen molar-refractivity contribution in [3.05, 3.63) is 0 Å². The maximum Gasteiger partial charge on any atom is 0.275 e. The first-order valence-corrected chi connectivity index (χ1v) is 4.04. The van der Waals surface area contributed by atoms with E-state index in [0.29, 0.717) is 0 Å². The zero-order chi connectivity index (χ0) is 7.98. The molecule has 0 spiro atoms. The summed E-state index contributed by atoms with van der Waals surface area (Å²) in [5.74, 6) is 0.719. The molecule has 0 rings (SSSR count). The van der Waals surface area contributed by atoms with Gasteiger partial charge in [-0.25, -0.2) is 0 Å². The number of hydrogen-bond acceptors (Lipinski definition) is 1. The minimum absolute atomic E-state index is 0.233. The molecule has 0 aliphatic heterocycles. The Morgan fingerprint density at radius 3 is 2.60 bits per heavy atom. The molecule has 0 unspecified atom stereocenters. The second-order valence-electron chi connectivity index (χ2n) is 2.77. The fourth-order valence-electron chi connectivity index (χ4n) is 0.706. The number of hydrogen-bond donors (Lipinski definition) is 2. The quantitative estimate of drug-likeness (QED) is 0.479. The average molecular weight is 161 g/mol. The Balaban J connectivity index is 2.98. The molecule has 0 fully saturated rings. The summed E-state index contributed by atoms with van der Waals surface area (Å²) >= 11 is 3.57. The molecule has 1 N–H and O–H groups in total. The normalized spacial score (nSPS) is 10.0. The van der Waals surface area contributed by atoms with Crippen molar-refractivity contribution in [2.24, 2.45) is 5.92 Å². The summed E-state index contributed by atoms with van der Waals surface area (Å²) in [5, 5.41) is 2.39. The number of rotatable bonds is 4. The molecule has 0 atom stereocenters. The highest BCUT2D eigenvalue weighted by Gasteiger charge is 1.94. The molecular formula is C7H15NOS. The predicted molar refractivity (Wildman–Crippen MR) is 46.5 cm³/mol. The summed E-state index contributed by atoms with van der Waals surface area (Å²) in [6, 6.07) is 0. The van der Waals surface area contributed by atoms with E-state index in [1.165, 1.54) is 0 Å². The molecule has 1 amide bonds. The smallest absolute Gasteiger partial charge is 0.275 e. The second kappa shape index (κ2) is 5.59. The molecule has 3 heteroatoms. The van der Waals surface area contributed by atoms with E-state index < -0.39 is 0 Å². The average Bonchev–Trinajstić information content (AvgIpc) is 1.79. The lowest BCUT2D eigenvalue weighted by atomic mass is 10.1. The van der Waals surface area contributed by atoms with E-state index in [1.54, 1.807) is 0 Å². The summed E-state index contributed by atoms with van der Waals surface area (Å²) in [5.41, 5.74) is 0.